The van der Waals surface area contributed by atoms with Gasteiger partial charge in [-0.05, 0) is 13.0 Å². The molecule has 1 amide bonds. The first-order valence-corrected chi connectivity index (χ1v) is 4.03. The van der Waals surface area contributed by atoms with Crippen molar-refractivity contribution in [2.45, 2.75) is 12.3 Å². The highest BCUT2D eigenvalue weighted by atomic mass is 35.5. The van der Waals surface area contributed by atoms with Crippen molar-refractivity contribution in [2.75, 3.05) is 5.32 Å². The predicted molar refractivity (Wildman–Crippen MR) is 48.8 cm³/mol. The van der Waals surface area contributed by atoms with Crippen LogP contribution in [-0.4, -0.2) is 21.3 Å². The Morgan fingerprint density at radius 1 is 1.77 bits per heavy atom. The van der Waals surface area contributed by atoms with E-state index in [-0.39, 0.29) is 11.7 Å². The van der Waals surface area contributed by atoms with Crippen LogP contribution in [0.1, 0.15) is 6.92 Å². The van der Waals surface area contributed by atoms with Gasteiger partial charge >= 0.3 is 5.69 Å². The van der Waals surface area contributed by atoms with Crippen molar-refractivity contribution in [3.8, 4) is 0 Å². The molecule has 0 aliphatic rings. The molecular weight excluding hydrogens is 194 g/mol. The van der Waals surface area contributed by atoms with Crippen molar-refractivity contribution in [2.24, 2.45) is 0 Å². The fourth-order valence-electron chi connectivity index (χ4n) is 0.674. The number of rotatable bonds is 2. The molecule has 1 atom stereocenters. The maximum atomic E-state index is 11.0. The van der Waals surface area contributed by atoms with Crippen LogP contribution in [-0.2, 0) is 4.79 Å². The molecule has 1 aromatic heterocycles. The summed E-state index contributed by atoms with van der Waals surface area (Å²) in [6.07, 6.45) is 1.30. The van der Waals surface area contributed by atoms with Crippen LogP contribution >= 0.6 is 11.6 Å². The molecule has 1 aromatic rings. The third-order valence-electron chi connectivity index (χ3n) is 1.29. The normalized spacial score (nSPS) is 12.2. The lowest BCUT2D eigenvalue weighted by atomic mass is 10.4. The summed E-state index contributed by atoms with van der Waals surface area (Å²) < 4.78 is 0. The van der Waals surface area contributed by atoms with Gasteiger partial charge in [0.2, 0.25) is 5.91 Å². The van der Waals surface area contributed by atoms with Crippen molar-refractivity contribution >= 4 is 23.3 Å². The van der Waals surface area contributed by atoms with Gasteiger partial charge < -0.3 is 5.32 Å². The van der Waals surface area contributed by atoms with Crippen LogP contribution in [0.15, 0.2) is 17.1 Å². The van der Waals surface area contributed by atoms with Crippen molar-refractivity contribution in [3.63, 3.8) is 0 Å². The largest absolute Gasteiger partial charge is 0.346 e. The molecule has 5 nitrogen and oxygen atoms in total. The molecule has 0 aliphatic heterocycles. The first-order valence-electron chi connectivity index (χ1n) is 3.60. The zero-order valence-electron chi connectivity index (χ0n) is 6.87. The summed E-state index contributed by atoms with van der Waals surface area (Å²) in [6, 6.07) is 1.47. The number of H-pyrrole nitrogens is 1. The highest BCUT2D eigenvalue weighted by Crippen LogP contribution is 2.00. The zero-order valence-corrected chi connectivity index (χ0v) is 7.63. The highest BCUT2D eigenvalue weighted by molar-refractivity contribution is 6.32. The topological polar surface area (TPSA) is 74.8 Å². The van der Waals surface area contributed by atoms with Gasteiger partial charge in [-0.25, -0.2) is 9.78 Å². The Bertz CT molecular complexity index is 361. The Morgan fingerprint density at radius 2 is 2.46 bits per heavy atom. The van der Waals surface area contributed by atoms with Crippen LogP contribution in [0.5, 0.6) is 0 Å². The lowest BCUT2D eigenvalue weighted by Crippen LogP contribution is -2.23. The Morgan fingerprint density at radius 3 is 3.00 bits per heavy atom. The number of nitrogens with one attached hydrogen (secondary N) is 2. The quantitative estimate of drug-likeness (QED) is 0.678. The molecule has 0 bridgehead atoms. The van der Waals surface area contributed by atoms with Gasteiger partial charge in [0.05, 0.1) is 0 Å². The minimum atomic E-state index is -0.642. The van der Waals surface area contributed by atoms with E-state index in [0.29, 0.717) is 0 Å². The number of hydrogen-bond acceptors (Lipinski definition) is 3. The maximum Gasteiger partial charge on any atom is 0.346 e. The van der Waals surface area contributed by atoms with Crippen LogP contribution in [0.4, 0.5) is 5.82 Å². The molecule has 1 unspecified atom stereocenters. The minimum Gasteiger partial charge on any atom is -0.311 e. The van der Waals surface area contributed by atoms with E-state index in [9.17, 15) is 9.59 Å². The SMILES string of the molecule is CC(Cl)C(=O)Nc1ccnc(=O)[nH]1. The van der Waals surface area contributed by atoms with E-state index in [0.717, 1.165) is 0 Å². The summed E-state index contributed by atoms with van der Waals surface area (Å²) in [4.78, 5) is 27.5. The summed E-state index contributed by atoms with van der Waals surface area (Å²) in [7, 11) is 0. The van der Waals surface area contributed by atoms with Crippen LogP contribution < -0.4 is 11.0 Å². The maximum absolute atomic E-state index is 11.0. The molecule has 1 rings (SSSR count). The summed E-state index contributed by atoms with van der Waals surface area (Å²) in [5.41, 5.74) is -0.514. The second-order valence-electron chi connectivity index (χ2n) is 2.39. The van der Waals surface area contributed by atoms with Crippen LogP contribution in [0.25, 0.3) is 0 Å². The van der Waals surface area contributed by atoms with E-state index >= 15 is 0 Å². The van der Waals surface area contributed by atoms with Gasteiger partial charge in [0, 0.05) is 6.20 Å². The van der Waals surface area contributed by atoms with E-state index in [1.807, 2.05) is 0 Å². The summed E-state index contributed by atoms with van der Waals surface area (Å²) in [6.45, 7) is 1.54. The van der Waals surface area contributed by atoms with Crippen LogP contribution in [0.3, 0.4) is 0 Å². The average Bonchev–Trinajstić information content (AvgIpc) is 2.04. The number of carbonyl (C=O) groups is 1. The molecule has 0 fully saturated rings. The molecular formula is C7H8ClN3O2. The van der Waals surface area contributed by atoms with Gasteiger partial charge in [0.15, 0.2) is 0 Å². The third-order valence-corrected chi connectivity index (χ3v) is 1.49. The van der Waals surface area contributed by atoms with E-state index in [1.165, 1.54) is 19.2 Å². The van der Waals surface area contributed by atoms with Gasteiger partial charge in [-0.3, -0.25) is 9.78 Å². The summed E-state index contributed by atoms with van der Waals surface area (Å²) in [5, 5.41) is 1.77. The van der Waals surface area contributed by atoms with Crippen LogP contribution in [0, 0.1) is 0 Å². The number of hydrogen-bond donors (Lipinski definition) is 2. The molecule has 1 heterocycles. The fraction of sp³-hybridized carbons (Fsp3) is 0.286. The first-order chi connectivity index (χ1) is 6.09. The Labute approximate surface area is 79.1 Å². The van der Waals surface area contributed by atoms with E-state index in [4.69, 9.17) is 11.6 Å². The van der Waals surface area contributed by atoms with Gasteiger partial charge in [0.1, 0.15) is 11.2 Å². The van der Waals surface area contributed by atoms with E-state index in [1.54, 1.807) is 0 Å². The lowest BCUT2D eigenvalue weighted by molar-refractivity contribution is -0.115. The number of aromatic amines is 1. The molecule has 0 aliphatic carbocycles. The summed E-state index contributed by atoms with van der Waals surface area (Å²) in [5.74, 6) is -0.0824. The Balaban J connectivity index is 2.75. The smallest absolute Gasteiger partial charge is 0.311 e. The predicted octanol–water partition coefficient (Wildman–Crippen LogP) is 0.336. The number of alkyl halides is 1. The standard InChI is InChI=1S/C7H8ClN3O2/c1-4(8)6(12)10-5-2-3-9-7(13)11-5/h2-4H,1H3,(H2,9,10,11,12,13). The van der Waals surface area contributed by atoms with Crippen molar-refractivity contribution in [1.82, 2.24) is 9.97 Å². The van der Waals surface area contributed by atoms with Gasteiger partial charge in [-0.2, -0.15) is 0 Å². The Hall–Kier alpha value is -1.36. The molecule has 2 N–H and O–H groups in total. The fourth-order valence-corrected chi connectivity index (χ4v) is 0.728. The molecule has 0 aromatic carbocycles. The number of aromatic nitrogens is 2. The van der Waals surface area contributed by atoms with Crippen molar-refractivity contribution < 1.29 is 4.79 Å². The average molecular weight is 202 g/mol. The number of carbonyl (C=O) groups excluding carboxylic acids is 1. The van der Waals surface area contributed by atoms with Gasteiger partial charge in [-0.1, -0.05) is 0 Å². The second kappa shape index (κ2) is 4.04. The molecule has 0 spiro atoms. The lowest BCUT2D eigenvalue weighted by Gasteiger charge is -2.04. The molecule has 0 saturated heterocycles. The molecule has 0 radical (unpaired) electrons. The number of anilines is 1. The van der Waals surface area contributed by atoms with Crippen LogP contribution in [0.2, 0.25) is 0 Å². The van der Waals surface area contributed by atoms with Gasteiger partial charge in [-0.15, -0.1) is 11.6 Å². The number of halogens is 1. The van der Waals surface area contributed by atoms with Crippen molar-refractivity contribution in [1.29, 1.82) is 0 Å². The minimum absolute atomic E-state index is 0.289. The Kier molecular flexibility index (Phi) is 3.02. The second-order valence-corrected chi connectivity index (χ2v) is 3.05. The number of amides is 1. The zero-order chi connectivity index (χ0) is 9.84. The molecule has 70 valence electrons. The van der Waals surface area contributed by atoms with E-state index < -0.39 is 11.1 Å². The number of nitrogens with zero attached hydrogens (tertiary/aromatic N) is 1. The summed E-state index contributed by atoms with van der Waals surface area (Å²) >= 11 is 5.50. The first kappa shape index (κ1) is 9.73. The monoisotopic (exact) mass is 201 g/mol. The van der Waals surface area contributed by atoms with E-state index in [2.05, 4.69) is 15.3 Å². The molecule has 0 saturated carbocycles. The molecule has 6 heteroatoms. The third kappa shape index (κ3) is 2.87. The highest BCUT2D eigenvalue weighted by Gasteiger charge is 2.08. The molecule has 13 heavy (non-hydrogen) atoms. The van der Waals surface area contributed by atoms with Crippen molar-refractivity contribution in [3.05, 3.63) is 22.7 Å². The van der Waals surface area contributed by atoms with Gasteiger partial charge in [0.25, 0.3) is 0 Å².